The van der Waals surface area contributed by atoms with Crippen LogP contribution in [-0.4, -0.2) is 61.8 Å². The second-order valence-electron chi connectivity index (χ2n) is 7.97. The fraction of sp³-hybridized carbons (Fsp3) is 0.381. The predicted molar refractivity (Wildman–Crippen MR) is 116 cm³/mol. The van der Waals surface area contributed by atoms with Crippen molar-refractivity contribution in [2.24, 2.45) is 0 Å². The molecule has 170 valence electrons. The number of hydrogen-bond donors (Lipinski definition) is 1. The lowest BCUT2D eigenvalue weighted by Crippen LogP contribution is -2.56. The van der Waals surface area contributed by atoms with Gasteiger partial charge in [-0.15, -0.1) is 0 Å². The van der Waals surface area contributed by atoms with Crippen molar-refractivity contribution in [3.63, 3.8) is 0 Å². The first-order chi connectivity index (χ1) is 15.9. The number of aryl methyl sites for hydroxylation is 1. The van der Waals surface area contributed by atoms with Crippen molar-refractivity contribution in [1.82, 2.24) is 29.1 Å². The van der Waals surface area contributed by atoms with E-state index in [1.807, 2.05) is 0 Å². The number of anilines is 1. The molecule has 33 heavy (non-hydrogen) atoms. The van der Waals surface area contributed by atoms with Crippen LogP contribution in [0.15, 0.2) is 29.3 Å². The number of nitriles is 1. The van der Waals surface area contributed by atoms with Gasteiger partial charge in [-0.05, 0) is 31.0 Å². The molecule has 0 atom stereocenters. The van der Waals surface area contributed by atoms with Crippen LogP contribution in [0.2, 0.25) is 0 Å². The Morgan fingerprint density at radius 3 is 2.82 bits per heavy atom. The molecule has 1 fully saturated rings. The highest BCUT2D eigenvalue weighted by molar-refractivity contribution is 5.86. The van der Waals surface area contributed by atoms with Gasteiger partial charge >= 0.3 is 5.69 Å². The molecular weight excluding hydrogens is 434 g/mol. The monoisotopic (exact) mass is 454 g/mol. The number of nitrogens with zero attached hydrogens (tertiary/aromatic N) is 7. The molecule has 1 saturated heterocycles. The standard InChI is InChI=1S/C21H20F2N8O2/c1-33-7-3-2-6-30-18-16(26-20(30)32)17(29-10-21(22,23)11-29)27-19(28-18)31-12-25-14-5-4-13(9-24)8-15(14)31/h4-5,8,12H,2-3,6-7,10-11H2,1H3,(H,26,32). The number of fused-ring (bicyclic) bond motifs is 2. The molecule has 1 N–H and O–H groups in total. The zero-order chi connectivity index (χ0) is 23.2. The number of benzene rings is 1. The third kappa shape index (κ3) is 3.70. The van der Waals surface area contributed by atoms with Gasteiger partial charge in [0.25, 0.3) is 5.92 Å². The number of H-pyrrole nitrogens is 1. The second-order valence-corrected chi connectivity index (χ2v) is 7.97. The summed E-state index contributed by atoms with van der Waals surface area (Å²) < 4.78 is 35.4. The fourth-order valence-corrected chi connectivity index (χ4v) is 3.96. The van der Waals surface area contributed by atoms with Crippen LogP contribution in [0.25, 0.3) is 28.1 Å². The van der Waals surface area contributed by atoms with Crippen LogP contribution in [0.5, 0.6) is 0 Å². The van der Waals surface area contributed by atoms with E-state index < -0.39 is 19.0 Å². The summed E-state index contributed by atoms with van der Waals surface area (Å²) in [5.41, 5.74) is 1.91. The van der Waals surface area contributed by atoms with Crippen LogP contribution >= 0.6 is 0 Å². The lowest BCUT2D eigenvalue weighted by Gasteiger charge is -2.39. The average molecular weight is 454 g/mol. The quantitative estimate of drug-likeness (QED) is 0.426. The third-order valence-corrected chi connectivity index (χ3v) is 5.61. The first-order valence-corrected chi connectivity index (χ1v) is 10.4. The molecule has 0 spiro atoms. The van der Waals surface area contributed by atoms with Gasteiger partial charge in [-0.2, -0.15) is 15.2 Å². The zero-order valence-electron chi connectivity index (χ0n) is 17.8. The Balaban J connectivity index is 1.66. The Hall–Kier alpha value is -3.85. The van der Waals surface area contributed by atoms with Crippen molar-refractivity contribution in [2.45, 2.75) is 25.3 Å². The number of hydrogen-bond acceptors (Lipinski definition) is 7. The maximum atomic E-state index is 13.6. The molecule has 0 bridgehead atoms. The second kappa shape index (κ2) is 7.93. The number of imidazole rings is 2. The van der Waals surface area contributed by atoms with Gasteiger partial charge in [-0.3, -0.25) is 9.13 Å². The van der Waals surface area contributed by atoms with Gasteiger partial charge < -0.3 is 14.6 Å². The highest BCUT2D eigenvalue weighted by Gasteiger charge is 2.45. The number of alkyl halides is 2. The maximum Gasteiger partial charge on any atom is 0.327 e. The van der Waals surface area contributed by atoms with Crippen LogP contribution in [0, 0.1) is 11.3 Å². The number of rotatable bonds is 7. The van der Waals surface area contributed by atoms with Gasteiger partial charge in [-0.1, -0.05) is 0 Å². The van der Waals surface area contributed by atoms with Crippen LogP contribution in [-0.2, 0) is 11.3 Å². The molecule has 5 rings (SSSR count). The number of halogens is 2. The molecule has 0 radical (unpaired) electrons. The Kier molecular flexibility index (Phi) is 5.05. The van der Waals surface area contributed by atoms with E-state index in [0.717, 1.165) is 6.42 Å². The van der Waals surface area contributed by atoms with Crippen LogP contribution in [0.3, 0.4) is 0 Å². The number of nitrogens with one attached hydrogen (secondary N) is 1. The first kappa shape index (κ1) is 21.0. The van der Waals surface area contributed by atoms with Gasteiger partial charge in [0.2, 0.25) is 5.95 Å². The Bertz CT molecular complexity index is 1440. The fourth-order valence-electron chi connectivity index (χ4n) is 3.96. The summed E-state index contributed by atoms with van der Waals surface area (Å²) in [5.74, 6) is -2.41. The van der Waals surface area contributed by atoms with Gasteiger partial charge in [-0.25, -0.2) is 18.6 Å². The first-order valence-electron chi connectivity index (χ1n) is 10.4. The Labute approximate surface area is 186 Å². The molecule has 0 amide bonds. The van der Waals surface area contributed by atoms with E-state index in [-0.39, 0.29) is 17.5 Å². The smallest absolute Gasteiger partial charge is 0.327 e. The minimum atomic E-state index is -2.82. The summed E-state index contributed by atoms with van der Waals surface area (Å²) in [6, 6.07) is 7.10. The SMILES string of the molecule is COCCCCn1c(=O)[nH]c2c(N3CC(F)(F)C3)nc(-n3cnc4ccc(C#N)cc43)nc21. The summed E-state index contributed by atoms with van der Waals surface area (Å²) in [6.45, 7) is -0.0447. The molecule has 10 nitrogen and oxygen atoms in total. The summed E-state index contributed by atoms with van der Waals surface area (Å²) in [7, 11) is 1.61. The van der Waals surface area contributed by atoms with Crippen molar-refractivity contribution in [1.29, 1.82) is 5.26 Å². The van der Waals surface area contributed by atoms with Crippen molar-refractivity contribution in [3.05, 3.63) is 40.6 Å². The van der Waals surface area contributed by atoms with Gasteiger partial charge in [0, 0.05) is 20.3 Å². The number of aromatic nitrogens is 6. The normalized spacial score (nSPS) is 15.2. The summed E-state index contributed by atoms with van der Waals surface area (Å²) >= 11 is 0. The van der Waals surface area contributed by atoms with E-state index in [0.29, 0.717) is 47.3 Å². The molecule has 4 aromatic rings. The number of unbranched alkanes of at least 4 members (excludes halogenated alkanes) is 1. The highest BCUT2D eigenvalue weighted by atomic mass is 19.3. The third-order valence-electron chi connectivity index (χ3n) is 5.61. The maximum absolute atomic E-state index is 13.6. The lowest BCUT2D eigenvalue weighted by molar-refractivity contribution is -0.0265. The van der Waals surface area contributed by atoms with E-state index in [1.54, 1.807) is 29.9 Å². The zero-order valence-corrected chi connectivity index (χ0v) is 17.8. The van der Waals surface area contributed by atoms with Crippen molar-refractivity contribution >= 4 is 28.0 Å². The van der Waals surface area contributed by atoms with Crippen molar-refractivity contribution < 1.29 is 13.5 Å². The topological polar surface area (TPSA) is 118 Å². The molecule has 1 aromatic carbocycles. The summed E-state index contributed by atoms with van der Waals surface area (Å²) in [5, 5.41) is 9.26. The van der Waals surface area contributed by atoms with Crippen LogP contribution in [0.4, 0.5) is 14.6 Å². The molecule has 0 unspecified atom stereocenters. The van der Waals surface area contributed by atoms with E-state index in [2.05, 4.69) is 26.0 Å². The van der Waals surface area contributed by atoms with Gasteiger partial charge in [0.05, 0.1) is 35.8 Å². The lowest BCUT2D eigenvalue weighted by atomic mass is 10.1. The predicted octanol–water partition coefficient (Wildman–Crippen LogP) is 2.21. The molecule has 0 aliphatic carbocycles. The molecular formula is C21H20F2N8O2. The van der Waals surface area contributed by atoms with E-state index in [9.17, 15) is 18.8 Å². The largest absolute Gasteiger partial charge is 0.385 e. The number of ether oxygens (including phenoxy) is 1. The molecule has 4 heterocycles. The minimum Gasteiger partial charge on any atom is -0.385 e. The summed E-state index contributed by atoms with van der Waals surface area (Å²) in [4.78, 5) is 30.3. The molecule has 3 aromatic heterocycles. The average Bonchev–Trinajstić information content (AvgIpc) is 3.34. The number of aromatic amines is 1. The van der Waals surface area contributed by atoms with Crippen LogP contribution in [0.1, 0.15) is 18.4 Å². The van der Waals surface area contributed by atoms with Gasteiger partial charge in [0.1, 0.15) is 11.8 Å². The number of methoxy groups -OCH3 is 1. The van der Waals surface area contributed by atoms with Gasteiger partial charge in [0.15, 0.2) is 11.5 Å². The molecule has 1 aliphatic heterocycles. The van der Waals surface area contributed by atoms with Crippen molar-refractivity contribution in [3.8, 4) is 12.0 Å². The molecule has 1 aliphatic rings. The Morgan fingerprint density at radius 2 is 2.09 bits per heavy atom. The van der Waals surface area contributed by atoms with E-state index in [1.165, 1.54) is 15.8 Å². The van der Waals surface area contributed by atoms with Crippen molar-refractivity contribution in [2.75, 3.05) is 31.7 Å². The van der Waals surface area contributed by atoms with Crippen LogP contribution < -0.4 is 10.6 Å². The van der Waals surface area contributed by atoms with E-state index in [4.69, 9.17) is 4.74 Å². The minimum absolute atomic E-state index is 0.176. The summed E-state index contributed by atoms with van der Waals surface area (Å²) in [6.07, 6.45) is 2.94. The molecule has 0 saturated carbocycles. The highest BCUT2D eigenvalue weighted by Crippen LogP contribution is 2.34. The van der Waals surface area contributed by atoms with E-state index >= 15 is 0 Å². The molecule has 12 heteroatoms. The Morgan fingerprint density at radius 1 is 1.27 bits per heavy atom.